The Kier molecular flexibility index (Phi) is 3.96. The third kappa shape index (κ3) is 3.55. The van der Waals surface area contributed by atoms with Gasteiger partial charge in [-0.15, -0.1) is 4.28 Å². The van der Waals surface area contributed by atoms with Crippen molar-refractivity contribution in [1.82, 2.24) is 15.4 Å². The van der Waals surface area contributed by atoms with E-state index in [-0.39, 0.29) is 18.7 Å². The van der Waals surface area contributed by atoms with E-state index in [2.05, 4.69) is 9.76 Å². The van der Waals surface area contributed by atoms with Crippen LogP contribution in [0.1, 0.15) is 25.7 Å². The molecule has 3 rings (SSSR count). The molecule has 130 valence electrons. The average molecular weight is 350 g/mol. The van der Waals surface area contributed by atoms with Crippen molar-refractivity contribution in [2.45, 2.75) is 43.3 Å². The number of hydrogen-bond acceptors (Lipinski definition) is 7. The highest BCUT2D eigenvalue weighted by Gasteiger charge is 2.49. The molecule has 2 aliphatic heterocycles. The van der Waals surface area contributed by atoms with Crippen LogP contribution in [-0.4, -0.2) is 65.6 Å². The molecule has 0 unspecified atom stereocenters. The molecule has 3 fully saturated rings. The zero-order chi connectivity index (χ0) is 16.8. The fraction of sp³-hybridized carbons (Fsp3) is 0.818. The second kappa shape index (κ2) is 5.56. The van der Waals surface area contributed by atoms with Crippen molar-refractivity contribution in [3.63, 3.8) is 0 Å². The minimum absolute atomic E-state index is 0.132. The van der Waals surface area contributed by atoms with Gasteiger partial charge in [0.15, 0.2) is 0 Å². The van der Waals surface area contributed by atoms with Crippen molar-refractivity contribution in [2.24, 2.45) is 5.73 Å². The summed E-state index contributed by atoms with van der Waals surface area (Å²) in [6, 6.07) is -2.11. The van der Waals surface area contributed by atoms with Gasteiger partial charge < -0.3 is 10.6 Å². The number of fused-ring (bicyclic) bond motifs is 2. The number of carbonyl (C=O) groups excluding carboxylic acids is 2. The summed E-state index contributed by atoms with van der Waals surface area (Å²) in [5.74, 6) is -0.505. The highest BCUT2D eigenvalue weighted by Crippen LogP contribution is 2.32. The standard InChI is InChI=1S/C11H18N4O7S/c12-11(3-4-11)6-21-13-9(16)8-2-1-7-5-14(8)10(17)15(7)22-23(18,19)20/h7-8H,1-6,12H2,(H,13,16)(H,18,19,20)/t7-,8+/m1/s1. The summed E-state index contributed by atoms with van der Waals surface area (Å²) in [6.07, 6.45) is 2.35. The minimum atomic E-state index is -4.80. The molecule has 1 saturated carbocycles. The summed E-state index contributed by atoms with van der Waals surface area (Å²) in [6.45, 7) is 0.327. The van der Waals surface area contributed by atoms with Crippen molar-refractivity contribution in [3.8, 4) is 0 Å². The summed E-state index contributed by atoms with van der Waals surface area (Å²) in [4.78, 5) is 30.5. The molecular formula is C11H18N4O7S. The van der Waals surface area contributed by atoms with Crippen LogP contribution in [0, 0.1) is 0 Å². The summed E-state index contributed by atoms with van der Waals surface area (Å²) in [7, 11) is -4.80. The summed E-state index contributed by atoms with van der Waals surface area (Å²) in [5, 5.41) is 0.586. The Morgan fingerprint density at radius 2 is 2.13 bits per heavy atom. The molecule has 2 saturated heterocycles. The summed E-state index contributed by atoms with van der Waals surface area (Å²) >= 11 is 0. The number of rotatable bonds is 6. The van der Waals surface area contributed by atoms with E-state index in [9.17, 15) is 18.0 Å². The van der Waals surface area contributed by atoms with Crippen LogP contribution >= 0.6 is 0 Å². The van der Waals surface area contributed by atoms with E-state index in [1.807, 2.05) is 0 Å². The molecule has 0 aromatic rings. The van der Waals surface area contributed by atoms with E-state index < -0.39 is 34.4 Å². The molecule has 11 nitrogen and oxygen atoms in total. The van der Waals surface area contributed by atoms with Crippen LogP contribution in [0.25, 0.3) is 0 Å². The van der Waals surface area contributed by atoms with Gasteiger partial charge in [0.1, 0.15) is 6.04 Å². The molecular weight excluding hydrogens is 332 g/mol. The number of hydroxylamine groups is 3. The van der Waals surface area contributed by atoms with Gasteiger partial charge in [0.25, 0.3) is 5.91 Å². The fourth-order valence-corrected chi connectivity index (χ4v) is 3.12. The van der Waals surface area contributed by atoms with E-state index in [1.54, 1.807) is 0 Å². The largest absolute Gasteiger partial charge is 0.418 e. The van der Waals surface area contributed by atoms with Gasteiger partial charge in [-0.3, -0.25) is 14.2 Å². The SMILES string of the molecule is NC1(CONC(=O)[C@@H]2CC[C@@H]3CN2C(=O)N3OS(=O)(=O)O)CC1. The van der Waals surface area contributed by atoms with Crippen molar-refractivity contribution in [2.75, 3.05) is 13.2 Å². The lowest BCUT2D eigenvalue weighted by molar-refractivity contribution is -0.139. The molecule has 0 aromatic carbocycles. The van der Waals surface area contributed by atoms with E-state index in [0.29, 0.717) is 17.9 Å². The lowest BCUT2D eigenvalue weighted by Crippen LogP contribution is -2.50. The summed E-state index contributed by atoms with van der Waals surface area (Å²) in [5.41, 5.74) is 7.72. The van der Waals surface area contributed by atoms with Crippen molar-refractivity contribution in [3.05, 3.63) is 0 Å². The van der Waals surface area contributed by atoms with E-state index in [0.717, 1.165) is 12.8 Å². The smallest absolute Gasteiger partial charge is 0.323 e. The maximum atomic E-state index is 12.1. The van der Waals surface area contributed by atoms with Crippen LogP contribution in [0.5, 0.6) is 0 Å². The predicted octanol–water partition coefficient (Wildman–Crippen LogP) is -1.47. The lowest BCUT2D eigenvalue weighted by atomic mass is 10.0. The first-order valence-corrected chi connectivity index (χ1v) is 8.52. The molecule has 1 aliphatic carbocycles. The van der Waals surface area contributed by atoms with Gasteiger partial charge >= 0.3 is 16.4 Å². The van der Waals surface area contributed by atoms with Crippen LogP contribution < -0.4 is 11.2 Å². The Balaban J connectivity index is 1.58. The molecule has 0 aromatic heterocycles. The Hall–Kier alpha value is -1.47. The third-order valence-electron chi connectivity index (χ3n) is 4.22. The monoisotopic (exact) mass is 350 g/mol. The lowest BCUT2D eigenvalue weighted by Gasteiger charge is -2.29. The predicted molar refractivity (Wildman–Crippen MR) is 73.6 cm³/mol. The number of nitrogens with zero attached hydrogens (tertiary/aromatic N) is 2. The number of amides is 3. The van der Waals surface area contributed by atoms with Crippen molar-refractivity contribution >= 4 is 22.3 Å². The van der Waals surface area contributed by atoms with Crippen LogP contribution in [0.4, 0.5) is 4.79 Å². The zero-order valence-electron chi connectivity index (χ0n) is 12.2. The number of urea groups is 1. The Bertz CT molecular complexity index is 620. The molecule has 4 N–H and O–H groups in total. The zero-order valence-corrected chi connectivity index (χ0v) is 13.0. The van der Waals surface area contributed by atoms with Gasteiger partial charge in [0.05, 0.1) is 12.6 Å². The van der Waals surface area contributed by atoms with Gasteiger partial charge in [0, 0.05) is 12.1 Å². The maximum absolute atomic E-state index is 12.1. The number of piperidine rings is 1. The number of hydrogen-bond donors (Lipinski definition) is 3. The topological polar surface area (TPSA) is 151 Å². The Morgan fingerprint density at radius 1 is 1.43 bits per heavy atom. The first kappa shape index (κ1) is 16.4. The van der Waals surface area contributed by atoms with E-state index >= 15 is 0 Å². The molecule has 2 bridgehead atoms. The molecule has 2 atom stereocenters. The third-order valence-corrected chi connectivity index (χ3v) is 4.57. The van der Waals surface area contributed by atoms with E-state index in [1.165, 1.54) is 4.90 Å². The average Bonchev–Trinajstić information content (AvgIpc) is 3.15. The number of carbonyl (C=O) groups is 2. The van der Waals surface area contributed by atoms with Crippen LogP contribution in [0.3, 0.4) is 0 Å². The highest BCUT2D eigenvalue weighted by atomic mass is 32.3. The quantitative estimate of drug-likeness (QED) is 0.388. The molecule has 12 heteroatoms. The first-order chi connectivity index (χ1) is 10.7. The normalized spacial score (nSPS) is 28.9. The number of nitrogens with one attached hydrogen (secondary N) is 1. The number of nitrogens with two attached hydrogens (primary N) is 1. The van der Waals surface area contributed by atoms with Gasteiger partial charge in [-0.1, -0.05) is 0 Å². The van der Waals surface area contributed by atoms with Crippen LogP contribution in [0.2, 0.25) is 0 Å². The Labute approximate surface area is 132 Å². The van der Waals surface area contributed by atoms with Gasteiger partial charge in [-0.05, 0) is 25.7 Å². The van der Waals surface area contributed by atoms with E-state index in [4.69, 9.17) is 15.1 Å². The second-order valence-corrected chi connectivity index (χ2v) is 7.13. The highest BCUT2D eigenvalue weighted by molar-refractivity contribution is 7.80. The maximum Gasteiger partial charge on any atom is 0.418 e. The molecule has 0 spiro atoms. The molecule has 3 aliphatic rings. The second-order valence-electron chi connectivity index (χ2n) is 6.13. The van der Waals surface area contributed by atoms with Crippen LogP contribution in [0.15, 0.2) is 0 Å². The molecule has 2 heterocycles. The van der Waals surface area contributed by atoms with Crippen molar-refractivity contribution < 1.29 is 31.7 Å². The minimum Gasteiger partial charge on any atom is -0.323 e. The molecule has 3 amide bonds. The Morgan fingerprint density at radius 3 is 2.74 bits per heavy atom. The van der Waals surface area contributed by atoms with Gasteiger partial charge in [-0.25, -0.2) is 10.3 Å². The van der Waals surface area contributed by atoms with Gasteiger partial charge in [0.2, 0.25) is 0 Å². The molecule has 23 heavy (non-hydrogen) atoms. The fourth-order valence-electron chi connectivity index (χ4n) is 2.73. The van der Waals surface area contributed by atoms with Crippen LogP contribution in [-0.2, 0) is 24.3 Å². The molecule has 0 radical (unpaired) electrons. The van der Waals surface area contributed by atoms with Crippen molar-refractivity contribution in [1.29, 1.82) is 0 Å². The van der Waals surface area contributed by atoms with Gasteiger partial charge in [-0.2, -0.15) is 13.5 Å². The summed E-state index contributed by atoms with van der Waals surface area (Å²) < 4.78 is 34.6. The first-order valence-electron chi connectivity index (χ1n) is 7.16.